The van der Waals surface area contributed by atoms with E-state index in [4.69, 9.17) is 4.74 Å². The van der Waals surface area contributed by atoms with Crippen LogP contribution >= 0.6 is 15.9 Å². The van der Waals surface area contributed by atoms with E-state index in [0.29, 0.717) is 18.7 Å². The van der Waals surface area contributed by atoms with Crippen LogP contribution in [0.2, 0.25) is 0 Å². The number of carbonyl (C=O) groups excluding carboxylic acids is 2. The van der Waals surface area contributed by atoms with Crippen molar-refractivity contribution in [3.63, 3.8) is 0 Å². The highest BCUT2D eigenvalue weighted by molar-refractivity contribution is 9.10. The molecule has 0 spiro atoms. The maximum absolute atomic E-state index is 13.8. The van der Waals surface area contributed by atoms with E-state index >= 15 is 0 Å². The number of carbonyl (C=O) groups is 2. The largest absolute Gasteiger partial charge is 0.483 e. The Labute approximate surface area is 234 Å². The average Bonchev–Trinajstić information content (AvgIpc) is 3.43. The van der Waals surface area contributed by atoms with E-state index in [2.05, 4.69) is 34.2 Å². The van der Waals surface area contributed by atoms with Gasteiger partial charge in [0.15, 0.2) is 6.61 Å². The van der Waals surface area contributed by atoms with Gasteiger partial charge >= 0.3 is 0 Å². The summed E-state index contributed by atoms with van der Waals surface area (Å²) in [6.45, 7) is 4.30. The number of aryl methyl sites for hydroxylation is 2. The lowest BCUT2D eigenvalue weighted by Crippen LogP contribution is -2.53. The fraction of sp³-hybridized carbons (Fsp3) is 0.375. The lowest BCUT2D eigenvalue weighted by Gasteiger charge is -2.32. The SMILES string of the molecule is CCc1ccc(OCC(=O)N(Cc2cccc(C)c2)C(Cc2ccccc2)C(=O)NC2CCCC2)c(Br)c1. The van der Waals surface area contributed by atoms with E-state index < -0.39 is 6.04 Å². The molecule has 0 saturated heterocycles. The number of hydrogen-bond acceptors (Lipinski definition) is 3. The van der Waals surface area contributed by atoms with Crippen molar-refractivity contribution < 1.29 is 14.3 Å². The Morgan fingerprint density at radius 2 is 1.71 bits per heavy atom. The first kappa shape index (κ1) is 27.9. The van der Waals surface area contributed by atoms with Gasteiger partial charge in [-0.3, -0.25) is 9.59 Å². The minimum absolute atomic E-state index is 0.102. The topological polar surface area (TPSA) is 58.6 Å². The molecule has 4 rings (SSSR count). The fourth-order valence-corrected chi connectivity index (χ4v) is 5.57. The second-order valence-electron chi connectivity index (χ2n) is 10.1. The first-order chi connectivity index (χ1) is 18.4. The fourth-order valence-electron chi connectivity index (χ4n) is 5.03. The van der Waals surface area contributed by atoms with Gasteiger partial charge in [0.05, 0.1) is 4.47 Å². The van der Waals surface area contributed by atoms with E-state index in [-0.39, 0.29) is 24.5 Å². The Morgan fingerprint density at radius 1 is 0.974 bits per heavy atom. The molecule has 0 aromatic heterocycles. The van der Waals surface area contributed by atoms with Crippen LogP contribution in [0, 0.1) is 6.92 Å². The van der Waals surface area contributed by atoms with Crippen LogP contribution in [0.25, 0.3) is 0 Å². The van der Waals surface area contributed by atoms with Gasteiger partial charge in [-0.25, -0.2) is 0 Å². The average molecular weight is 578 g/mol. The molecule has 200 valence electrons. The summed E-state index contributed by atoms with van der Waals surface area (Å²) in [5.74, 6) is 0.289. The highest BCUT2D eigenvalue weighted by Crippen LogP contribution is 2.27. The second-order valence-corrected chi connectivity index (χ2v) is 11.0. The van der Waals surface area contributed by atoms with Crippen molar-refractivity contribution in [3.8, 4) is 5.75 Å². The number of hydrogen-bond donors (Lipinski definition) is 1. The maximum atomic E-state index is 13.8. The van der Waals surface area contributed by atoms with Crippen LogP contribution in [-0.2, 0) is 29.0 Å². The van der Waals surface area contributed by atoms with Gasteiger partial charge < -0.3 is 15.0 Å². The van der Waals surface area contributed by atoms with Gasteiger partial charge in [-0.2, -0.15) is 0 Å². The molecule has 1 saturated carbocycles. The lowest BCUT2D eigenvalue weighted by atomic mass is 10.0. The highest BCUT2D eigenvalue weighted by atomic mass is 79.9. The number of nitrogens with one attached hydrogen (secondary N) is 1. The van der Waals surface area contributed by atoms with Gasteiger partial charge in [-0.1, -0.05) is 86.0 Å². The number of ether oxygens (including phenoxy) is 1. The molecule has 38 heavy (non-hydrogen) atoms. The van der Waals surface area contributed by atoms with Gasteiger partial charge in [-0.15, -0.1) is 0 Å². The number of halogens is 1. The van der Waals surface area contributed by atoms with Gasteiger partial charge in [0.2, 0.25) is 5.91 Å². The van der Waals surface area contributed by atoms with Crippen molar-refractivity contribution in [1.29, 1.82) is 0 Å². The van der Waals surface area contributed by atoms with Crippen LogP contribution in [0.4, 0.5) is 0 Å². The Bertz CT molecular complexity index is 1220. The molecule has 3 aromatic carbocycles. The molecule has 1 fully saturated rings. The minimum atomic E-state index is -0.652. The van der Waals surface area contributed by atoms with Crippen molar-refractivity contribution in [2.75, 3.05) is 6.61 Å². The molecular formula is C32H37BrN2O3. The summed E-state index contributed by atoms with van der Waals surface area (Å²) in [5.41, 5.74) is 4.29. The van der Waals surface area contributed by atoms with Crippen molar-refractivity contribution in [2.24, 2.45) is 0 Å². The zero-order valence-corrected chi connectivity index (χ0v) is 23.9. The third-order valence-corrected chi connectivity index (χ3v) is 7.78. The molecule has 1 N–H and O–H groups in total. The summed E-state index contributed by atoms with van der Waals surface area (Å²) in [6, 6.07) is 23.4. The number of rotatable bonds is 11. The van der Waals surface area contributed by atoms with Gasteiger partial charge in [-0.05, 0) is 70.9 Å². The monoisotopic (exact) mass is 576 g/mol. The Balaban J connectivity index is 1.61. The first-order valence-electron chi connectivity index (χ1n) is 13.5. The smallest absolute Gasteiger partial charge is 0.261 e. The normalized spacial score (nSPS) is 14.2. The van der Waals surface area contributed by atoms with E-state index in [9.17, 15) is 9.59 Å². The summed E-state index contributed by atoms with van der Waals surface area (Å²) in [4.78, 5) is 29.3. The molecule has 2 amide bonds. The lowest BCUT2D eigenvalue weighted by molar-refractivity contribution is -0.143. The molecule has 0 heterocycles. The first-order valence-corrected chi connectivity index (χ1v) is 14.3. The van der Waals surface area contributed by atoms with Crippen molar-refractivity contribution >= 4 is 27.7 Å². The van der Waals surface area contributed by atoms with Crippen molar-refractivity contribution in [2.45, 2.75) is 71.0 Å². The predicted molar refractivity (Wildman–Crippen MR) is 155 cm³/mol. The Kier molecular flexibility index (Phi) is 9.99. The third-order valence-electron chi connectivity index (χ3n) is 7.16. The molecule has 1 aliphatic rings. The zero-order chi connectivity index (χ0) is 26.9. The van der Waals surface area contributed by atoms with E-state index in [0.717, 1.165) is 53.3 Å². The number of benzene rings is 3. The molecule has 1 atom stereocenters. The predicted octanol–water partition coefficient (Wildman–Crippen LogP) is 6.40. The number of nitrogens with zero attached hydrogens (tertiary/aromatic N) is 1. The van der Waals surface area contributed by atoms with Crippen LogP contribution in [-0.4, -0.2) is 35.4 Å². The molecule has 1 aliphatic carbocycles. The van der Waals surface area contributed by atoms with Gasteiger partial charge in [0.1, 0.15) is 11.8 Å². The molecule has 0 aliphatic heterocycles. The summed E-state index contributed by atoms with van der Waals surface area (Å²) >= 11 is 3.57. The van der Waals surface area contributed by atoms with Crippen LogP contribution in [0.15, 0.2) is 77.3 Å². The van der Waals surface area contributed by atoms with E-state index in [1.165, 1.54) is 5.56 Å². The summed E-state index contributed by atoms with van der Waals surface area (Å²) in [5, 5.41) is 3.25. The summed E-state index contributed by atoms with van der Waals surface area (Å²) in [6.07, 6.45) is 5.58. The Hall–Kier alpha value is -3.12. The molecular weight excluding hydrogens is 540 g/mol. The van der Waals surface area contributed by atoms with Crippen molar-refractivity contribution in [3.05, 3.63) is 99.5 Å². The number of amides is 2. The molecule has 0 radical (unpaired) electrons. The maximum Gasteiger partial charge on any atom is 0.261 e. The quantitative estimate of drug-likeness (QED) is 0.287. The summed E-state index contributed by atoms with van der Waals surface area (Å²) < 4.78 is 6.80. The molecule has 1 unspecified atom stereocenters. The second kappa shape index (κ2) is 13.6. The van der Waals surface area contributed by atoms with Crippen LogP contribution in [0.3, 0.4) is 0 Å². The zero-order valence-electron chi connectivity index (χ0n) is 22.3. The highest BCUT2D eigenvalue weighted by Gasteiger charge is 2.32. The molecule has 6 heteroatoms. The van der Waals surface area contributed by atoms with Crippen LogP contribution < -0.4 is 10.1 Å². The van der Waals surface area contributed by atoms with Gasteiger partial charge in [0, 0.05) is 19.0 Å². The molecule has 3 aromatic rings. The summed E-state index contributed by atoms with van der Waals surface area (Å²) in [7, 11) is 0. The van der Waals surface area contributed by atoms with Crippen LogP contribution in [0.1, 0.15) is 54.9 Å². The van der Waals surface area contributed by atoms with E-state index in [1.54, 1.807) is 4.90 Å². The van der Waals surface area contributed by atoms with Crippen molar-refractivity contribution in [1.82, 2.24) is 10.2 Å². The van der Waals surface area contributed by atoms with E-state index in [1.807, 2.05) is 73.7 Å². The van der Waals surface area contributed by atoms with Gasteiger partial charge in [0.25, 0.3) is 5.91 Å². The Morgan fingerprint density at radius 3 is 2.39 bits per heavy atom. The van der Waals surface area contributed by atoms with Crippen LogP contribution in [0.5, 0.6) is 5.75 Å². The molecule has 0 bridgehead atoms. The molecule has 5 nitrogen and oxygen atoms in total. The standard InChI is InChI=1S/C32H37BrN2O3/c1-3-24-16-17-30(28(33)19-24)38-22-31(36)35(21-26-13-9-10-23(2)18-26)29(20-25-11-5-4-6-12-25)32(37)34-27-14-7-8-15-27/h4-6,9-13,16-19,27,29H,3,7-8,14-15,20-22H2,1-2H3,(H,34,37). The minimum Gasteiger partial charge on any atom is -0.483 e. The third kappa shape index (κ3) is 7.70.